The van der Waals surface area contributed by atoms with Crippen LogP contribution in [0.15, 0.2) is 36.4 Å². The first-order chi connectivity index (χ1) is 8.13. The second kappa shape index (κ2) is 4.60. The lowest BCUT2D eigenvalue weighted by atomic mass is 9.99. The Balaban J connectivity index is 2.57. The SMILES string of the molecule is Cc1cc(-c2cccc(Cl)c2N)ccc1C=O. The van der Waals surface area contributed by atoms with E-state index in [9.17, 15) is 4.79 Å². The summed E-state index contributed by atoms with van der Waals surface area (Å²) in [5, 5.41) is 0.541. The Labute approximate surface area is 105 Å². The number of aldehydes is 1. The summed E-state index contributed by atoms with van der Waals surface area (Å²) in [4.78, 5) is 10.8. The summed E-state index contributed by atoms with van der Waals surface area (Å²) in [7, 11) is 0. The van der Waals surface area contributed by atoms with E-state index in [1.165, 1.54) is 0 Å². The van der Waals surface area contributed by atoms with Gasteiger partial charge < -0.3 is 5.73 Å². The van der Waals surface area contributed by atoms with Crippen LogP contribution in [0.25, 0.3) is 11.1 Å². The molecule has 2 aromatic rings. The van der Waals surface area contributed by atoms with Crippen molar-refractivity contribution in [2.45, 2.75) is 6.92 Å². The van der Waals surface area contributed by atoms with Crippen LogP contribution in [0.5, 0.6) is 0 Å². The van der Waals surface area contributed by atoms with Crippen molar-refractivity contribution in [1.29, 1.82) is 0 Å². The predicted octanol–water partition coefficient (Wildman–Crippen LogP) is 3.71. The van der Waals surface area contributed by atoms with Crippen LogP contribution in [0.3, 0.4) is 0 Å². The van der Waals surface area contributed by atoms with E-state index in [1.54, 1.807) is 12.1 Å². The van der Waals surface area contributed by atoms with Crippen molar-refractivity contribution in [1.82, 2.24) is 0 Å². The summed E-state index contributed by atoms with van der Waals surface area (Å²) >= 11 is 5.98. The van der Waals surface area contributed by atoms with Gasteiger partial charge in [0.05, 0.1) is 10.7 Å². The minimum absolute atomic E-state index is 0.541. The van der Waals surface area contributed by atoms with E-state index < -0.39 is 0 Å². The Bertz CT molecular complexity index is 578. The van der Waals surface area contributed by atoms with Gasteiger partial charge in [0.2, 0.25) is 0 Å². The molecule has 0 heterocycles. The smallest absolute Gasteiger partial charge is 0.150 e. The molecule has 2 N–H and O–H groups in total. The fraction of sp³-hybridized carbons (Fsp3) is 0.0714. The van der Waals surface area contributed by atoms with Gasteiger partial charge in [-0.3, -0.25) is 4.79 Å². The van der Waals surface area contributed by atoms with Crippen LogP contribution in [0.4, 0.5) is 5.69 Å². The minimum atomic E-state index is 0.541. The number of para-hydroxylation sites is 1. The lowest BCUT2D eigenvalue weighted by molar-refractivity contribution is 0.112. The second-order valence-corrected chi connectivity index (χ2v) is 4.30. The van der Waals surface area contributed by atoms with E-state index in [-0.39, 0.29) is 0 Å². The lowest BCUT2D eigenvalue weighted by Crippen LogP contribution is -1.93. The zero-order valence-corrected chi connectivity index (χ0v) is 10.2. The molecule has 2 nitrogen and oxygen atoms in total. The molecular formula is C14H12ClNO. The molecular weight excluding hydrogens is 234 g/mol. The monoisotopic (exact) mass is 245 g/mol. The molecule has 86 valence electrons. The summed E-state index contributed by atoms with van der Waals surface area (Å²) in [6.45, 7) is 1.90. The number of halogens is 1. The number of nitrogen functional groups attached to an aromatic ring is 1. The van der Waals surface area contributed by atoms with Gasteiger partial charge in [0, 0.05) is 11.1 Å². The van der Waals surface area contributed by atoms with E-state index in [0.717, 1.165) is 23.0 Å². The topological polar surface area (TPSA) is 43.1 Å². The van der Waals surface area contributed by atoms with Gasteiger partial charge in [-0.1, -0.05) is 41.9 Å². The van der Waals surface area contributed by atoms with Crippen LogP contribution in [-0.4, -0.2) is 6.29 Å². The summed E-state index contributed by atoms with van der Waals surface area (Å²) < 4.78 is 0. The number of hydrogen-bond donors (Lipinski definition) is 1. The predicted molar refractivity (Wildman–Crippen MR) is 71.4 cm³/mol. The zero-order chi connectivity index (χ0) is 12.4. The maximum atomic E-state index is 10.8. The molecule has 0 bridgehead atoms. The van der Waals surface area contributed by atoms with Gasteiger partial charge in [0.25, 0.3) is 0 Å². The highest BCUT2D eigenvalue weighted by Gasteiger charge is 2.07. The summed E-state index contributed by atoms with van der Waals surface area (Å²) in [5.74, 6) is 0. The number of carbonyl (C=O) groups excluding carboxylic acids is 1. The molecule has 0 spiro atoms. The summed E-state index contributed by atoms with van der Waals surface area (Å²) in [6, 6.07) is 11.1. The van der Waals surface area contributed by atoms with Gasteiger partial charge in [-0.25, -0.2) is 0 Å². The molecule has 3 heteroatoms. The van der Waals surface area contributed by atoms with E-state index in [2.05, 4.69) is 0 Å². The van der Waals surface area contributed by atoms with Gasteiger partial charge in [-0.05, 0) is 24.1 Å². The molecule has 0 atom stereocenters. The van der Waals surface area contributed by atoms with Gasteiger partial charge in [-0.2, -0.15) is 0 Å². The number of anilines is 1. The highest BCUT2D eigenvalue weighted by atomic mass is 35.5. The Hall–Kier alpha value is -1.80. The van der Waals surface area contributed by atoms with Crippen molar-refractivity contribution in [3.8, 4) is 11.1 Å². The fourth-order valence-corrected chi connectivity index (χ4v) is 1.94. The average molecular weight is 246 g/mol. The third kappa shape index (κ3) is 2.17. The Morgan fingerprint density at radius 2 is 2.00 bits per heavy atom. The Morgan fingerprint density at radius 3 is 2.65 bits per heavy atom. The molecule has 2 aromatic carbocycles. The number of hydrogen-bond acceptors (Lipinski definition) is 2. The molecule has 0 aliphatic heterocycles. The molecule has 0 radical (unpaired) electrons. The molecule has 0 amide bonds. The maximum Gasteiger partial charge on any atom is 0.150 e. The molecule has 0 aromatic heterocycles. The minimum Gasteiger partial charge on any atom is -0.397 e. The maximum absolute atomic E-state index is 10.8. The van der Waals surface area contributed by atoms with E-state index in [0.29, 0.717) is 16.3 Å². The number of aryl methyl sites for hydroxylation is 1. The highest BCUT2D eigenvalue weighted by molar-refractivity contribution is 6.33. The van der Waals surface area contributed by atoms with Crippen molar-refractivity contribution < 1.29 is 4.79 Å². The van der Waals surface area contributed by atoms with Crippen LogP contribution in [-0.2, 0) is 0 Å². The third-order valence-electron chi connectivity index (χ3n) is 2.76. The van der Waals surface area contributed by atoms with E-state index in [4.69, 9.17) is 17.3 Å². The van der Waals surface area contributed by atoms with E-state index in [1.807, 2.05) is 31.2 Å². The van der Waals surface area contributed by atoms with Crippen LogP contribution >= 0.6 is 11.6 Å². The number of rotatable bonds is 2. The molecule has 0 fully saturated rings. The van der Waals surface area contributed by atoms with Crippen LogP contribution in [0.2, 0.25) is 5.02 Å². The average Bonchev–Trinajstić information content (AvgIpc) is 2.32. The molecule has 0 aliphatic rings. The van der Waals surface area contributed by atoms with Gasteiger partial charge in [-0.15, -0.1) is 0 Å². The van der Waals surface area contributed by atoms with Crippen molar-refractivity contribution in [3.63, 3.8) is 0 Å². The first kappa shape index (κ1) is 11.7. The molecule has 0 saturated carbocycles. The zero-order valence-electron chi connectivity index (χ0n) is 9.41. The number of benzene rings is 2. The first-order valence-corrected chi connectivity index (χ1v) is 5.61. The van der Waals surface area contributed by atoms with E-state index >= 15 is 0 Å². The summed E-state index contributed by atoms with van der Waals surface area (Å²) in [5.41, 5.74) is 9.97. The van der Waals surface area contributed by atoms with Crippen molar-refractivity contribution >= 4 is 23.6 Å². The first-order valence-electron chi connectivity index (χ1n) is 5.23. The van der Waals surface area contributed by atoms with Gasteiger partial charge in [0.1, 0.15) is 6.29 Å². The Morgan fingerprint density at radius 1 is 1.24 bits per heavy atom. The highest BCUT2D eigenvalue weighted by Crippen LogP contribution is 2.32. The molecule has 17 heavy (non-hydrogen) atoms. The van der Waals surface area contributed by atoms with Crippen LogP contribution in [0, 0.1) is 6.92 Å². The van der Waals surface area contributed by atoms with Gasteiger partial charge >= 0.3 is 0 Å². The number of nitrogens with two attached hydrogens (primary N) is 1. The van der Waals surface area contributed by atoms with Crippen molar-refractivity contribution in [3.05, 3.63) is 52.5 Å². The molecule has 0 aliphatic carbocycles. The largest absolute Gasteiger partial charge is 0.397 e. The quantitative estimate of drug-likeness (QED) is 0.647. The van der Waals surface area contributed by atoms with Crippen molar-refractivity contribution in [2.75, 3.05) is 5.73 Å². The normalized spacial score (nSPS) is 10.2. The van der Waals surface area contributed by atoms with Crippen molar-refractivity contribution in [2.24, 2.45) is 0 Å². The summed E-state index contributed by atoms with van der Waals surface area (Å²) in [6.07, 6.45) is 0.848. The fourth-order valence-electron chi connectivity index (χ4n) is 1.76. The number of carbonyl (C=O) groups is 1. The van der Waals surface area contributed by atoms with Gasteiger partial charge in [0.15, 0.2) is 0 Å². The standard InChI is InChI=1S/C14H12ClNO/c1-9-7-10(5-6-11(9)8-17)12-3-2-4-13(15)14(12)16/h2-8H,16H2,1H3. The van der Waals surface area contributed by atoms with Crippen LogP contribution < -0.4 is 5.73 Å². The molecule has 0 saturated heterocycles. The molecule has 2 rings (SSSR count). The Kier molecular flexibility index (Phi) is 3.16. The van der Waals surface area contributed by atoms with Crippen LogP contribution in [0.1, 0.15) is 15.9 Å². The lowest BCUT2D eigenvalue weighted by Gasteiger charge is -2.09. The second-order valence-electron chi connectivity index (χ2n) is 3.89. The molecule has 0 unspecified atom stereocenters. The third-order valence-corrected chi connectivity index (χ3v) is 3.09.